The maximum absolute atomic E-state index is 12.8. The lowest BCUT2D eigenvalue weighted by Gasteiger charge is -2.41. The number of pyridine rings is 1. The number of benzene rings is 1. The van der Waals surface area contributed by atoms with Crippen LogP contribution in [0.25, 0.3) is 0 Å². The second-order valence-corrected chi connectivity index (χ2v) is 5.20. The summed E-state index contributed by atoms with van der Waals surface area (Å²) in [5, 5.41) is 0.533. The Morgan fingerprint density at radius 2 is 1.95 bits per heavy atom. The minimum Gasteiger partial charge on any atom is -0.487 e. The fourth-order valence-corrected chi connectivity index (χ4v) is 2.41. The Bertz CT molecular complexity index is 612. The summed E-state index contributed by atoms with van der Waals surface area (Å²) in [7, 11) is 0. The summed E-state index contributed by atoms with van der Waals surface area (Å²) >= 11 is 6.02. The molecule has 3 nitrogen and oxygen atoms in total. The van der Waals surface area contributed by atoms with Crippen LogP contribution in [0.15, 0.2) is 36.5 Å². The predicted molar refractivity (Wildman–Crippen MR) is 77.0 cm³/mol. The fraction of sp³-hybridized carbons (Fsp3) is 0.267. The molecule has 0 aliphatic carbocycles. The standard InChI is InChI=1S/C15H14ClFN2O/c1-10-14(6-7-18-15(10)16)19-8-13(9-19)20-12-4-2-11(17)3-5-12/h2-7,13H,8-9H2,1H3. The molecule has 1 aromatic heterocycles. The van der Waals surface area contributed by atoms with E-state index in [1.807, 2.05) is 13.0 Å². The topological polar surface area (TPSA) is 25.4 Å². The number of anilines is 1. The molecule has 0 unspecified atom stereocenters. The van der Waals surface area contributed by atoms with Crippen LogP contribution in [0.1, 0.15) is 5.56 Å². The highest BCUT2D eigenvalue weighted by Gasteiger charge is 2.30. The second kappa shape index (κ2) is 5.29. The van der Waals surface area contributed by atoms with E-state index in [1.54, 1.807) is 18.3 Å². The predicted octanol–water partition coefficient (Wildman–Crippen LogP) is 3.45. The Labute approximate surface area is 122 Å². The van der Waals surface area contributed by atoms with Gasteiger partial charge in [0.2, 0.25) is 0 Å². The third-order valence-electron chi connectivity index (χ3n) is 3.42. The van der Waals surface area contributed by atoms with Gasteiger partial charge in [-0.2, -0.15) is 0 Å². The number of nitrogens with zero attached hydrogens (tertiary/aromatic N) is 2. The van der Waals surface area contributed by atoms with Gasteiger partial charge in [0.05, 0.1) is 13.1 Å². The van der Waals surface area contributed by atoms with Gasteiger partial charge in [0, 0.05) is 17.4 Å². The molecule has 0 N–H and O–H groups in total. The smallest absolute Gasteiger partial charge is 0.133 e. The summed E-state index contributed by atoms with van der Waals surface area (Å²) in [6.07, 6.45) is 1.82. The van der Waals surface area contributed by atoms with E-state index in [9.17, 15) is 4.39 Å². The normalized spacial score (nSPS) is 15.1. The molecule has 2 aromatic rings. The van der Waals surface area contributed by atoms with Crippen molar-refractivity contribution in [3.05, 3.63) is 53.1 Å². The van der Waals surface area contributed by atoms with Gasteiger partial charge < -0.3 is 9.64 Å². The van der Waals surface area contributed by atoms with E-state index < -0.39 is 0 Å². The van der Waals surface area contributed by atoms with Gasteiger partial charge in [-0.25, -0.2) is 9.37 Å². The van der Waals surface area contributed by atoms with Gasteiger partial charge in [0.25, 0.3) is 0 Å². The molecule has 0 spiro atoms. The molecular formula is C15H14ClFN2O. The lowest BCUT2D eigenvalue weighted by molar-refractivity contribution is 0.167. The molecule has 3 rings (SSSR count). The largest absolute Gasteiger partial charge is 0.487 e. The van der Waals surface area contributed by atoms with Gasteiger partial charge in [0.15, 0.2) is 0 Å². The van der Waals surface area contributed by atoms with Crippen molar-refractivity contribution in [3.8, 4) is 5.75 Å². The highest BCUT2D eigenvalue weighted by atomic mass is 35.5. The van der Waals surface area contributed by atoms with Gasteiger partial charge in [-0.3, -0.25) is 0 Å². The molecule has 1 fully saturated rings. The quantitative estimate of drug-likeness (QED) is 0.810. The van der Waals surface area contributed by atoms with Gasteiger partial charge in [0.1, 0.15) is 22.8 Å². The monoisotopic (exact) mass is 292 g/mol. The first-order valence-electron chi connectivity index (χ1n) is 6.42. The summed E-state index contributed by atoms with van der Waals surface area (Å²) < 4.78 is 18.6. The van der Waals surface area contributed by atoms with Crippen molar-refractivity contribution >= 4 is 17.3 Å². The van der Waals surface area contributed by atoms with Crippen LogP contribution in [-0.4, -0.2) is 24.2 Å². The number of aromatic nitrogens is 1. The van der Waals surface area contributed by atoms with Crippen LogP contribution < -0.4 is 9.64 Å². The molecule has 1 aliphatic rings. The summed E-state index contributed by atoms with van der Waals surface area (Å²) in [6, 6.07) is 8.05. The molecule has 0 bridgehead atoms. The zero-order valence-corrected chi connectivity index (χ0v) is 11.8. The van der Waals surface area contributed by atoms with E-state index in [4.69, 9.17) is 16.3 Å². The van der Waals surface area contributed by atoms with Crippen LogP contribution >= 0.6 is 11.6 Å². The van der Waals surface area contributed by atoms with E-state index in [0.717, 1.165) is 24.3 Å². The molecule has 0 amide bonds. The van der Waals surface area contributed by atoms with Crippen LogP contribution in [0.2, 0.25) is 5.15 Å². The molecule has 5 heteroatoms. The zero-order valence-electron chi connectivity index (χ0n) is 11.0. The Kier molecular flexibility index (Phi) is 3.49. The maximum atomic E-state index is 12.8. The van der Waals surface area contributed by atoms with E-state index in [0.29, 0.717) is 10.9 Å². The first-order chi connectivity index (χ1) is 9.63. The van der Waals surface area contributed by atoms with E-state index >= 15 is 0 Å². The van der Waals surface area contributed by atoms with Crippen molar-refractivity contribution in [2.75, 3.05) is 18.0 Å². The van der Waals surface area contributed by atoms with Crippen molar-refractivity contribution in [3.63, 3.8) is 0 Å². The van der Waals surface area contributed by atoms with Crippen molar-refractivity contribution in [2.45, 2.75) is 13.0 Å². The van der Waals surface area contributed by atoms with Crippen molar-refractivity contribution in [2.24, 2.45) is 0 Å². The molecule has 0 radical (unpaired) electrons. The Morgan fingerprint density at radius 1 is 1.25 bits per heavy atom. The highest BCUT2D eigenvalue weighted by molar-refractivity contribution is 6.30. The third-order valence-corrected chi connectivity index (χ3v) is 3.80. The van der Waals surface area contributed by atoms with Crippen LogP contribution in [0, 0.1) is 12.7 Å². The first-order valence-corrected chi connectivity index (χ1v) is 6.79. The summed E-state index contributed by atoms with van der Waals surface area (Å²) in [6.45, 7) is 3.54. The first kappa shape index (κ1) is 13.2. The summed E-state index contributed by atoms with van der Waals surface area (Å²) in [5.41, 5.74) is 2.07. The minimum atomic E-state index is -0.255. The third kappa shape index (κ3) is 2.56. The molecular weight excluding hydrogens is 279 g/mol. The number of hydrogen-bond acceptors (Lipinski definition) is 3. The Hall–Kier alpha value is -1.81. The van der Waals surface area contributed by atoms with Crippen LogP contribution in [0.3, 0.4) is 0 Å². The van der Waals surface area contributed by atoms with Crippen molar-refractivity contribution in [1.82, 2.24) is 4.98 Å². The molecule has 0 saturated carbocycles. The molecule has 1 aliphatic heterocycles. The zero-order chi connectivity index (χ0) is 14.1. The SMILES string of the molecule is Cc1c(N2CC(Oc3ccc(F)cc3)C2)ccnc1Cl. The molecule has 0 atom stereocenters. The lowest BCUT2D eigenvalue weighted by Crippen LogP contribution is -2.54. The van der Waals surface area contributed by atoms with Gasteiger partial charge in [-0.1, -0.05) is 11.6 Å². The number of rotatable bonds is 3. The number of hydrogen-bond donors (Lipinski definition) is 0. The maximum Gasteiger partial charge on any atom is 0.133 e. The van der Waals surface area contributed by atoms with Crippen molar-refractivity contribution in [1.29, 1.82) is 0 Å². The Morgan fingerprint density at radius 3 is 2.65 bits per heavy atom. The number of ether oxygens (including phenoxy) is 1. The summed E-state index contributed by atoms with van der Waals surface area (Å²) in [4.78, 5) is 6.24. The van der Waals surface area contributed by atoms with Crippen LogP contribution in [0.5, 0.6) is 5.75 Å². The fourth-order valence-electron chi connectivity index (χ4n) is 2.26. The van der Waals surface area contributed by atoms with Crippen molar-refractivity contribution < 1.29 is 9.13 Å². The molecule has 1 saturated heterocycles. The molecule has 20 heavy (non-hydrogen) atoms. The molecule has 1 aromatic carbocycles. The van der Waals surface area contributed by atoms with E-state index in [1.165, 1.54) is 12.1 Å². The molecule has 2 heterocycles. The van der Waals surface area contributed by atoms with Crippen LogP contribution in [0.4, 0.5) is 10.1 Å². The van der Waals surface area contributed by atoms with Gasteiger partial charge >= 0.3 is 0 Å². The lowest BCUT2D eigenvalue weighted by atomic mass is 10.1. The minimum absolute atomic E-state index is 0.117. The Balaban J connectivity index is 1.61. The summed E-state index contributed by atoms with van der Waals surface area (Å²) in [5.74, 6) is 0.440. The average molecular weight is 293 g/mol. The number of halogens is 2. The second-order valence-electron chi connectivity index (χ2n) is 4.84. The van der Waals surface area contributed by atoms with Gasteiger partial charge in [-0.15, -0.1) is 0 Å². The highest BCUT2D eigenvalue weighted by Crippen LogP contribution is 2.29. The van der Waals surface area contributed by atoms with Gasteiger partial charge in [-0.05, 0) is 37.3 Å². The van der Waals surface area contributed by atoms with E-state index in [2.05, 4.69) is 9.88 Å². The molecule has 104 valence electrons. The van der Waals surface area contributed by atoms with E-state index in [-0.39, 0.29) is 11.9 Å². The van der Waals surface area contributed by atoms with Crippen LogP contribution in [-0.2, 0) is 0 Å². The average Bonchev–Trinajstić information content (AvgIpc) is 2.39.